The van der Waals surface area contributed by atoms with E-state index in [0.29, 0.717) is 25.9 Å². The molecule has 0 heterocycles. The van der Waals surface area contributed by atoms with Crippen molar-refractivity contribution in [2.24, 2.45) is 5.41 Å². The van der Waals surface area contributed by atoms with E-state index in [1.54, 1.807) is 0 Å². The minimum atomic E-state index is -0.686. The molecule has 0 spiro atoms. The van der Waals surface area contributed by atoms with Gasteiger partial charge in [0.15, 0.2) is 0 Å². The zero-order valence-corrected chi connectivity index (χ0v) is 11.7. The van der Waals surface area contributed by atoms with Crippen LogP contribution in [0.3, 0.4) is 0 Å². The first kappa shape index (κ1) is 14.1. The summed E-state index contributed by atoms with van der Waals surface area (Å²) < 4.78 is 5.54. The van der Waals surface area contributed by atoms with Crippen molar-refractivity contribution in [2.45, 2.75) is 45.6 Å². The summed E-state index contributed by atoms with van der Waals surface area (Å²) in [4.78, 5) is 11.7. The first-order chi connectivity index (χ1) is 9.03. The summed E-state index contributed by atoms with van der Waals surface area (Å²) in [6, 6.07) is 8.16. The van der Waals surface area contributed by atoms with E-state index in [9.17, 15) is 9.90 Å². The Bertz CT molecular complexity index is 453. The standard InChI is InChI=1S/C16H22O3/c1-12(2)19-10-9-16(15(17)18)8-7-13-5-3-4-6-14(13)11-16/h3-6,12H,7-11H2,1-2H3,(H,17,18). The fourth-order valence-corrected chi connectivity index (χ4v) is 2.79. The van der Waals surface area contributed by atoms with Crippen LogP contribution in [0.4, 0.5) is 0 Å². The predicted octanol–water partition coefficient (Wildman–Crippen LogP) is 3.06. The number of hydrogen-bond acceptors (Lipinski definition) is 2. The van der Waals surface area contributed by atoms with Crippen LogP contribution in [0.2, 0.25) is 0 Å². The molecule has 19 heavy (non-hydrogen) atoms. The molecule has 1 aliphatic rings. The summed E-state index contributed by atoms with van der Waals surface area (Å²) in [5, 5.41) is 9.62. The first-order valence-electron chi connectivity index (χ1n) is 6.95. The first-order valence-corrected chi connectivity index (χ1v) is 6.95. The predicted molar refractivity (Wildman–Crippen MR) is 74.2 cm³/mol. The van der Waals surface area contributed by atoms with Gasteiger partial charge < -0.3 is 9.84 Å². The molecule has 0 radical (unpaired) electrons. The molecule has 1 N–H and O–H groups in total. The highest BCUT2D eigenvalue weighted by Crippen LogP contribution is 2.38. The summed E-state index contributed by atoms with van der Waals surface area (Å²) in [6.45, 7) is 4.47. The maximum atomic E-state index is 11.7. The number of aliphatic carboxylic acids is 1. The van der Waals surface area contributed by atoms with Gasteiger partial charge in [0, 0.05) is 6.61 Å². The van der Waals surface area contributed by atoms with Crippen molar-refractivity contribution < 1.29 is 14.6 Å². The maximum absolute atomic E-state index is 11.7. The van der Waals surface area contributed by atoms with Crippen LogP contribution in [0.5, 0.6) is 0 Å². The number of carbonyl (C=O) groups is 1. The molecule has 0 saturated heterocycles. The molecule has 2 rings (SSSR count). The lowest BCUT2D eigenvalue weighted by Gasteiger charge is -2.34. The summed E-state index contributed by atoms with van der Waals surface area (Å²) in [5.41, 5.74) is 1.83. The minimum Gasteiger partial charge on any atom is -0.481 e. The second-order valence-corrected chi connectivity index (χ2v) is 5.70. The molecule has 1 aromatic rings. The SMILES string of the molecule is CC(C)OCCC1(C(=O)O)CCc2ccccc2C1. The summed E-state index contributed by atoms with van der Waals surface area (Å²) >= 11 is 0. The van der Waals surface area contributed by atoms with Gasteiger partial charge in [0.2, 0.25) is 0 Å². The largest absolute Gasteiger partial charge is 0.481 e. The van der Waals surface area contributed by atoms with E-state index in [0.717, 1.165) is 6.42 Å². The van der Waals surface area contributed by atoms with E-state index < -0.39 is 11.4 Å². The molecule has 1 atom stereocenters. The van der Waals surface area contributed by atoms with Gasteiger partial charge in [-0.2, -0.15) is 0 Å². The molecule has 0 amide bonds. The van der Waals surface area contributed by atoms with Crippen molar-refractivity contribution in [3.8, 4) is 0 Å². The van der Waals surface area contributed by atoms with Gasteiger partial charge in [-0.15, -0.1) is 0 Å². The fraction of sp³-hybridized carbons (Fsp3) is 0.562. The number of fused-ring (bicyclic) bond motifs is 1. The van der Waals surface area contributed by atoms with Crippen LogP contribution in [-0.4, -0.2) is 23.8 Å². The Labute approximate surface area is 114 Å². The van der Waals surface area contributed by atoms with Crippen LogP contribution in [0.1, 0.15) is 37.8 Å². The number of ether oxygens (including phenoxy) is 1. The van der Waals surface area contributed by atoms with Crippen molar-refractivity contribution in [2.75, 3.05) is 6.61 Å². The van der Waals surface area contributed by atoms with Crippen LogP contribution < -0.4 is 0 Å². The molecule has 0 aromatic heterocycles. The topological polar surface area (TPSA) is 46.5 Å². The van der Waals surface area contributed by atoms with Crippen LogP contribution in [-0.2, 0) is 22.4 Å². The smallest absolute Gasteiger partial charge is 0.310 e. The Morgan fingerprint density at radius 1 is 1.37 bits per heavy atom. The second kappa shape index (κ2) is 5.74. The highest BCUT2D eigenvalue weighted by Gasteiger charge is 2.41. The van der Waals surface area contributed by atoms with Gasteiger partial charge >= 0.3 is 5.97 Å². The Morgan fingerprint density at radius 2 is 2.05 bits per heavy atom. The Morgan fingerprint density at radius 3 is 2.68 bits per heavy atom. The van der Waals surface area contributed by atoms with Crippen molar-refractivity contribution in [1.82, 2.24) is 0 Å². The lowest BCUT2D eigenvalue weighted by atomic mass is 9.70. The second-order valence-electron chi connectivity index (χ2n) is 5.70. The summed E-state index contributed by atoms with van der Waals surface area (Å²) in [7, 11) is 0. The number of aryl methyl sites for hydroxylation is 1. The normalized spacial score (nSPS) is 22.3. The lowest BCUT2D eigenvalue weighted by molar-refractivity contribution is -0.151. The quantitative estimate of drug-likeness (QED) is 0.887. The van der Waals surface area contributed by atoms with Gasteiger partial charge in [0.25, 0.3) is 0 Å². The summed E-state index contributed by atoms with van der Waals surface area (Å²) in [6.07, 6.45) is 2.93. The highest BCUT2D eigenvalue weighted by molar-refractivity contribution is 5.75. The molecule has 1 unspecified atom stereocenters. The van der Waals surface area contributed by atoms with Gasteiger partial charge in [-0.05, 0) is 50.7 Å². The van der Waals surface area contributed by atoms with E-state index in [1.165, 1.54) is 11.1 Å². The number of benzene rings is 1. The van der Waals surface area contributed by atoms with Crippen LogP contribution in [0, 0.1) is 5.41 Å². The highest BCUT2D eigenvalue weighted by atomic mass is 16.5. The molecule has 1 aliphatic carbocycles. The molecule has 0 bridgehead atoms. The molecule has 0 saturated carbocycles. The monoisotopic (exact) mass is 262 g/mol. The average molecular weight is 262 g/mol. The van der Waals surface area contributed by atoms with Gasteiger partial charge in [0.1, 0.15) is 0 Å². The van der Waals surface area contributed by atoms with E-state index in [-0.39, 0.29) is 6.10 Å². The number of hydrogen-bond donors (Lipinski definition) is 1. The molecular weight excluding hydrogens is 240 g/mol. The van der Waals surface area contributed by atoms with Crippen molar-refractivity contribution in [3.05, 3.63) is 35.4 Å². The van der Waals surface area contributed by atoms with Gasteiger partial charge in [-0.25, -0.2) is 0 Å². The number of carboxylic acids is 1. The third kappa shape index (κ3) is 3.16. The molecule has 3 heteroatoms. The molecule has 0 fully saturated rings. The number of rotatable bonds is 5. The molecule has 1 aromatic carbocycles. The van der Waals surface area contributed by atoms with Crippen molar-refractivity contribution in [1.29, 1.82) is 0 Å². The van der Waals surface area contributed by atoms with Crippen LogP contribution >= 0.6 is 0 Å². The maximum Gasteiger partial charge on any atom is 0.310 e. The van der Waals surface area contributed by atoms with Crippen LogP contribution in [0.15, 0.2) is 24.3 Å². The molecule has 0 aliphatic heterocycles. The zero-order chi connectivity index (χ0) is 13.9. The Hall–Kier alpha value is -1.35. The third-order valence-electron chi connectivity index (χ3n) is 4.01. The average Bonchev–Trinajstić information content (AvgIpc) is 2.38. The lowest BCUT2D eigenvalue weighted by Crippen LogP contribution is -2.38. The number of carboxylic acid groups (broad SMARTS) is 1. The Kier molecular flexibility index (Phi) is 4.25. The van der Waals surface area contributed by atoms with Gasteiger partial charge in [-0.1, -0.05) is 24.3 Å². The fourth-order valence-electron chi connectivity index (χ4n) is 2.79. The van der Waals surface area contributed by atoms with E-state index in [1.807, 2.05) is 26.0 Å². The summed E-state index contributed by atoms with van der Waals surface area (Å²) in [5.74, 6) is -0.686. The third-order valence-corrected chi connectivity index (χ3v) is 4.01. The van der Waals surface area contributed by atoms with Crippen LogP contribution in [0.25, 0.3) is 0 Å². The molecular formula is C16H22O3. The van der Waals surface area contributed by atoms with Gasteiger partial charge in [-0.3, -0.25) is 4.79 Å². The zero-order valence-electron chi connectivity index (χ0n) is 11.7. The van der Waals surface area contributed by atoms with Gasteiger partial charge in [0.05, 0.1) is 11.5 Å². The van der Waals surface area contributed by atoms with Crippen molar-refractivity contribution in [3.63, 3.8) is 0 Å². The van der Waals surface area contributed by atoms with E-state index in [4.69, 9.17) is 4.74 Å². The Balaban J connectivity index is 2.12. The minimum absolute atomic E-state index is 0.154. The van der Waals surface area contributed by atoms with Crippen molar-refractivity contribution >= 4 is 5.97 Å². The van der Waals surface area contributed by atoms with E-state index >= 15 is 0 Å². The molecule has 3 nitrogen and oxygen atoms in total. The van der Waals surface area contributed by atoms with E-state index in [2.05, 4.69) is 12.1 Å². The molecule has 104 valence electrons.